The lowest BCUT2D eigenvalue weighted by Gasteiger charge is -2.17. The van der Waals surface area contributed by atoms with Gasteiger partial charge in [0.25, 0.3) is 18.8 Å². The van der Waals surface area contributed by atoms with Crippen LogP contribution in [0.5, 0.6) is 0 Å². The number of carbonyl (C=O) groups is 2. The highest BCUT2D eigenvalue weighted by atomic mass is 16.5. The molecular weight excluding hydrogens is 548 g/mol. The van der Waals surface area contributed by atoms with E-state index in [0.29, 0.717) is 18.6 Å². The molecule has 0 fully saturated rings. The summed E-state index contributed by atoms with van der Waals surface area (Å²) < 4.78 is 13.9. The Hall–Kier alpha value is -6.84. The maximum atomic E-state index is 11.9. The third kappa shape index (κ3) is 10.8. The van der Waals surface area contributed by atoms with E-state index < -0.39 is 69.3 Å². The lowest BCUT2D eigenvalue weighted by molar-refractivity contribution is 0.149. The fourth-order valence-electron chi connectivity index (χ4n) is 2.09. The number of ether oxygens (including phenoxy) is 3. The first-order valence-corrected chi connectivity index (χ1v) is 9.66. The van der Waals surface area contributed by atoms with Gasteiger partial charge < -0.3 is 24.8 Å². The van der Waals surface area contributed by atoms with Gasteiger partial charge in [0.15, 0.2) is 20.2 Å². The molecule has 208 valence electrons. The van der Waals surface area contributed by atoms with Crippen LogP contribution in [0.2, 0.25) is 0 Å². The molecule has 0 aliphatic rings. The minimum absolute atomic E-state index is 0.395. The number of imide groups is 1. The normalized spacial score (nSPS) is 8.53. The minimum Gasteiger partial charge on any atom is -0.405 e. The Labute approximate surface area is 219 Å². The van der Waals surface area contributed by atoms with Crippen LogP contribution in [0.1, 0.15) is 0 Å². The van der Waals surface area contributed by atoms with Crippen LogP contribution in [0.25, 0.3) is 0 Å². The Balaban J connectivity index is 0.000000765. The number of nitrogens with one attached hydrogen (secondary N) is 2. The standard InChI is InChI=1S/C9H6N6O6.C8H8N6O5/c10-1-20-5-14-7(17)13(3-12-4-16)8(18)15(9(14)19)6-21-2-11;9-1-19-6-13-8(18)14(3-11-5-16)7(17)12-2-10-4-15/h3,5-6H2;2-3,6H2,(H,12,17)(H,13,18). The molecule has 23 heteroatoms. The summed E-state index contributed by atoms with van der Waals surface area (Å²) >= 11 is 0. The molecule has 0 aliphatic heterocycles. The summed E-state index contributed by atoms with van der Waals surface area (Å²) in [5, 5.41) is 28.8. The van der Waals surface area contributed by atoms with Crippen molar-refractivity contribution in [2.75, 3.05) is 20.1 Å². The summed E-state index contributed by atoms with van der Waals surface area (Å²) in [6, 6.07) is -1.94. The summed E-state index contributed by atoms with van der Waals surface area (Å²) in [5.41, 5.74) is -3.44. The number of aromatic nitrogens is 3. The van der Waals surface area contributed by atoms with Crippen molar-refractivity contribution >= 4 is 30.3 Å². The Morgan fingerprint density at radius 2 is 1.20 bits per heavy atom. The largest absolute Gasteiger partial charge is 0.405 e. The zero-order valence-electron chi connectivity index (χ0n) is 19.7. The van der Waals surface area contributed by atoms with Crippen LogP contribution in [0.15, 0.2) is 29.4 Å². The monoisotopic (exact) mass is 562 g/mol. The van der Waals surface area contributed by atoms with Crippen molar-refractivity contribution in [3.8, 4) is 18.8 Å². The molecule has 0 bridgehead atoms. The van der Waals surface area contributed by atoms with Gasteiger partial charge in [0, 0.05) is 0 Å². The third-order valence-electron chi connectivity index (χ3n) is 3.68. The Morgan fingerprint density at radius 3 is 1.68 bits per heavy atom. The van der Waals surface area contributed by atoms with Gasteiger partial charge in [0.05, 0.1) is 0 Å². The fraction of sp³-hybridized carbons (Fsp3) is 0.353. The number of nitrogens with zero attached hydrogens (tertiary/aromatic N) is 10. The van der Waals surface area contributed by atoms with Crippen molar-refractivity contribution in [3.05, 3.63) is 31.5 Å². The van der Waals surface area contributed by atoms with Crippen LogP contribution in [0.4, 0.5) is 9.59 Å². The maximum Gasteiger partial charge on any atom is 0.342 e. The molecule has 1 aromatic heterocycles. The first-order chi connectivity index (χ1) is 19.2. The second kappa shape index (κ2) is 19.4. The lowest BCUT2D eigenvalue weighted by atomic mass is 10.7. The summed E-state index contributed by atoms with van der Waals surface area (Å²) in [4.78, 5) is 98.0. The SMILES string of the molecule is N#COCNC(=O)N(CN=C=O)C(=O)NCN=C=O.N#COCn1c(=O)n(CN=C=O)c(=O)n(COC#N)c1=O. The van der Waals surface area contributed by atoms with E-state index in [4.69, 9.17) is 15.8 Å². The third-order valence-corrected chi connectivity index (χ3v) is 3.68. The van der Waals surface area contributed by atoms with Gasteiger partial charge in [-0.2, -0.15) is 30.8 Å². The van der Waals surface area contributed by atoms with Crippen LogP contribution in [0, 0.1) is 34.6 Å². The zero-order chi connectivity index (χ0) is 30.3. The van der Waals surface area contributed by atoms with Crippen molar-refractivity contribution < 1.29 is 38.2 Å². The molecule has 0 saturated carbocycles. The molecule has 0 atom stereocenters. The van der Waals surface area contributed by atoms with Crippen LogP contribution in [-0.4, -0.2) is 69.0 Å². The topological polar surface area (TPSA) is 315 Å². The second-order valence-corrected chi connectivity index (χ2v) is 5.82. The van der Waals surface area contributed by atoms with Gasteiger partial charge in [0.2, 0.25) is 18.2 Å². The Kier molecular flexibility index (Phi) is 16.1. The molecule has 40 heavy (non-hydrogen) atoms. The van der Waals surface area contributed by atoms with Gasteiger partial charge in [-0.3, -0.25) is 0 Å². The number of carbonyl (C=O) groups excluding carboxylic acids is 5. The van der Waals surface area contributed by atoms with Crippen molar-refractivity contribution in [2.24, 2.45) is 15.0 Å². The fourth-order valence-corrected chi connectivity index (χ4v) is 2.09. The summed E-state index contributed by atoms with van der Waals surface area (Å²) in [7, 11) is 0. The predicted octanol–water partition coefficient (Wildman–Crippen LogP) is -3.88. The second-order valence-electron chi connectivity index (χ2n) is 5.82. The van der Waals surface area contributed by atoms with Crippen LogP contribution in [0.3, 0.4) is 0 Å². The van der Waals surface area contributed by atoms with Crippen LogP contribution >= 0.6 is 0 Å². The number of hydrogen-bond acceptors (Lipinski definition) is 17. The molecule has 0 aromatic carbocycles. The quantitative estimate of drug-likeness (QED) is 0.0809. The van der Waals surface area contributed by atoms with Crippen molar-refractivity contribution in [3.63, 3.8) is 0 Å². The first-order valence-electron chi connectivity index (χ1n) is 9.66. The number of rotatable bonds is 12. The van der Waals surface area contributed by atoms with Gasteiger partial charge in [-0.15, -0.1) is 0 Å². The lowest BCUT2D eigenvalue weighted by Crippen LogP contribution is -2.54. The summed E-state index contributed by atoms with van der Waals surface area (Å²) in [6.07, 6.45) is 7.24. The van der Waals surface area contributed by atoms with Gasteiger partial charge in [-0.25, -0.2) is 57.0 Å². The van der Waals surface area contributed by atoms with E-state index in [1.165, 1.54) is 24.8 Å². The number of isocyanates is 3. The van der Waals surface area contributed by atoms with E-state index in [1.54, 1.807) is 0 Å². The molecule has 23 nitrogen and oxygen atoms in total. The molecular formula is C17H14N12O11. The summed E-state index contributed by atoms with van der Waals surface area (Å²) in [5.74, 6) is 0. The predicted molar refractivity (Wildman–Crippen MR) is 117 cm³/mol. The smallest absolute Gasteiger partial charge is 0.342 e. The number of amides is 4. The number of nitriles is 3. The molecule has 1 aromatic rings. The maximum absolute atomic E-state index is 11.9. The molecule has 1 rings (SSSR count). The van der Waals surface area contributed by atoms with Crippen LogP contribution in [-0.2, 0) is 48.7 Å². The van der Waals surface area contributed by atoms with Gasteiger partial charge in [-0.05, 0) is 0 Å². The van der Waals surface area contributed by atoms with E-state index in [-0.39, 0.29) is 0 Å². The van der Waals surface area contributed by atoms with Crippen LogP contribution < -0.4 is 27.7 Å². The molecule has 0 spiro atoms. The molecule has 4 amide bonds. The first kappa shape index (κ1) is 33.2. The van der Waals surface area contributed by atoms with E-state index in [0.717, 1.165) is 12.2 Å². The van der Waals surface area contributed by atoms with E-state index in [2.05, 4.69) is 34.5 Å². The van der Waals surface area contributed by atoms with E-state index in [9.17, 15) is 38.4 Å². The highest BCUT2D eigenvalue weighted by Crippen LogP contribution is 1.92. The zero-order valence-corrected chi connectivity index (χ0v) is 19.7. The molecule has 0 radical (unpaired) electrons. The Morgan fingerprint density at radius 1 is 0.725 bits per heavy atom. The van der Waals surface area contributed by atoms with Crippen molar-refractivity contribution in [2.45, 2.75) is 20.1 Å². The van der Waals surface area contributed by atoms with Crippen molar-refractivity contribution in [1.82, 2.24) is 29.2 Å². The van der Waals surface area contributed by atoms with Crippen molar-refractivity contribution in [1.29, 1.82) is 15.8 Å². The van der Waals surface area contributed by atoms with Gasteiger partial charge >= 0.3 is 29.1 Å². The molecule has 0 unspecified atom stereocenters. The Bertz CT molecular complexity index is 1450. The van der Waals surface area contributed by atoms with E-state index >= 15 is 0 Å². The molecule has 1 heterocycles. The van der Waals surface area contributed by atoms with E-state index in [1.807, 2.05) is 5.32 Å². The highest BCUT2D eigenvalue weighted by molar-refractivity contribution is 5.93. The molecule has 2 N–H and O–H groups in total. The molecule has 0 saturated heterocycles. The average Bonchev–Trinajstić information content (AvgIpc) is 2.94. The highest BCUT2D eigenvalue weighted by Gasteiger charge is 2.20. The van der Waals surface area contributed by atoms with Gasteiger partial charge in [-0.1, -0.05) is 0 Å². The molecule has 0 aliphatic carbocycles. The minimum atomic E-state index is -1.15. The average molecular weight is 562 g/mol. The number of aliphatic imine (C=N–C) groups is 3. The van der Waals surface area contributed by atoms with Gasteiger partial charge in [0.1, 0.15) is 20.0 Å². The number of hydrogen-bond donors (Lipinski definition) is 2. The number of urea groups is 2. The summed E-state index contributed by atoms with van der Waals surface area (Å²) in [6.45, 7) is -3.67.